The molecular weight excluding hydrogens is 1640 g/mol. The van der Waals surface area contributed by atoms with E-state index in [0.717, 1.165) is 114 Å². The van der Waals surface area contributed by atoms with Gasteiger partial charge in [0.1, 0.15) is 11.5 Å². The molecule has 1 aliphatic heterocycles. The van der Waals surface area contributed by atoms with E-state index >= 15 is 0 Å². The molecule has 0 aliphatic carbocycles. The fourth-order valence-electron chi connectivity index (χ4n) is 11.5. The lowest BCUT2D eigenvalue weighted by molar-refractivity contribution is -0.384. The number of H-pyrrole nitrogens is 1. The molecule has 14 aromatic rings. The molecule has 0 bridgehead atoms. The summed E-state index contributed by atoms with van der Waals surface area (Å²) < 4.78 is 60.3. The van der Waals surface area contributed by atoms with Gasteiger partial charge in [-0.2, -0.15) is 9.97 Å². The van der Waals surface area contributed by atoms with Crippen LogP contribution in [-0.4, -0.2) is 166 Å². The second-order valence-corrected chi connectivity index (χ2v) is 26.9. The SMILES string of the molecule is C1CCOC1.C=CC(=O)Nc1cccc(Oc2nc(Cl)ncc2OC)c1.C=CC(=O)Nc1cccc(Oc2nc(Nc3ccc4c(ccn4CCOC)c3)ncc2OC)c1.COCCBr.COCCn1ccc2cc(N)ccc21.COCCn1ccc2cc(N)ccc21.COCCn1ccc2cc([N+](=O)[O-])ccc21.O=[N+]([O-])c1ccc2[nH]ccc2c1. The highest BCUT2D eigenvalue weighted by atomic mass is 79.9. The lowest BCUT2D eigenvalue weighted by Crippen LogP contribution is -2.07. The highest BCUT2D eigenvalue weighted by Crippen LogP contribution is 2.34. The number of fused-ring (bicyclic) bond motifs is 5. The second-order valence-electron chi connectivity index (χ2n) is 25.8. The van der Waals surface area contributed by atoms with Crippen LogP contribution >= 0.6 is 27.5 Å². The average molecular weight is 1740 g/mol. The number of aromatic amines is 1. The average Bonchev–Trinajstić information content (AvgIpc) is 1.70. The summed E-state index contributed by atoms with van der Waals surface area (Å²) in [6.45, 7) is 15.7. The van der Waals surface area contributed by atoms with Crippen LogP contribution in [0.4, 0.5) is 45.8 Å². The molecule has 0 saturated carbocycles. The number of nitrogens with one attached hydrogen (secondary N) is 4. The number of amides is 2. The Balaban J connectivity index is 0.000000183. The highest BCUT2D eigenvalue weighted by Gasteiger charge is 2.16. The number of carbonyl (C=O) groups is 2. The van der Waals surface area contributed by atoms with Gasteiger partial charge in [-0.05, 0) is 158 Å². The summed E-state index contributed by atoms with van der Waals surface area (Å²) in [6.07, 6.45) is 17.7. The number of nitrogens with two attached hydrogens (primary N) is 2. The molecule has 32 nitrogen and oxygen atoms in total. The fourth-order valence-corrected chi connectivity index (χ4v) is 11.9. The van der Waals surface area contributed by atoms with E-state index in [1.807, 2.05) is 83.7 Å². The first-order valence-corrected chi connectivity index (χ1v) is 39.2. The quantitative estimate of drug-likeness (QED) is 0.00662. The number of anilines is 6. The number of ether oxygens (including phenoxy) is 10. The van der Waals surface area contributed by atoms with Crippen molar-refractivity contribution in [1.82, 2.24) is 43.2 Å². The third kappa shape index (κ3) is 29.7. The maximum Gasteiger partial charge on any atom is 0.270 e. The molecule has 1 aliphatic rings. The van der Waals surface area contributed by atoms with Gasteiger partial charge in [0.15, 0.2) is 11.5 Å². The number of carbonyl (C=O) groups excluding carboxylic acids is 2. The van der Waals surface area contributed by atoms with Gasteiger partial charge in [0.25, 0.3) is 23.1 Å². The van der Waals surface area contributed by atoms with E-state index in [-0.39, 0.29) is 45.2 Å². The van der Waals surface area contributed by atoms with Crippen LogP contribution in [0.3, 0.4) is 0 Å². The maximum atomic E-state index is 11.6. The van der Waals surface area contributed by atoms with E-state index in [9.17, 15) is 29.8 Å². The molecule has 1 saturated heterocycles. The smallest absolute Gasteiger partial charge is 0.270 e. The van der Waals surface area contributed by atoms with Gasteiger partial charge in [-0.15, -0.1) is 0 Å². The van der Waals surface area contributed by atoms with Crippen LogP contribution in [0.2, 0.25) is 5.28 Å². The molecule has 0 spiro atoms. The molecule has 34 heteroatoms. The molecule has 7 aromatic carbocycles. The number of nitrogens with zero attached hydrogens (tertiary/aromatic N) is 10. The minimum atomic E-state index is -0.396. The van der Waals surface area contributed by atoms with Crippen LogP contribution in [-0.2, 0) is 64.2 Å². The Morgan fingerprint density at radius 1 is 0.521 bits per heavy atom. The third-order valence-electron chi connectivity index (χ3n) is 17.4. The zero-order valence-corrected chi connectivity index (χ0v) is 70.4. The predicted molar refractivity (Wildman–Crippen MR) is 478 cm³/mol. The van der Waals surface area contributed by atoms with Crippen molar-refractivity contribution >= 4 is 140 Å². The van der Waals surface area contributed by atoms with Gasteiger partial charge >= 0.3 is 0 Å². The molecule has 2 amide bonds. The van der Waals surface area contributed by atoms with E-state index in [2.05, 4.69) is 119 Å². The lowest BCUT2D eigenvalue weighted by Gasteiger charge is -2.12. The van der Waals surface area contributed by atoms with Crippen LogP contribution < -0.4 is 46.4 Å². The number of hydrogen-bond donors (Lipinski definition) is 6. The number of alkyl halides is 1. The van der Waals surface area contributed by atoms with Crippen molar-refractivity contribution in [3.8, 4) is 34.8 Å². The summed E-state index contributed by atoms with van der Waals surface area (Å²) >= 11 is 8.92. The Hall–Kier alpha value is -13.3. The van der Waals surface area contributed by atoms with Gasteiger partial charge in [0.2, 0.25) is 23.0 Å². The van der Waals surface area contributed by atoms with E-state index < -0.39 is 4.92 Å². The first kappa shape index (κ1) is 93.2. The molecule has 636 valence electrons. The van der Waals surface area contributed by atoms with Gasteiger partial charge in [-0.25, -0.2) is 9.97 Å². The number of hydrogen-bond acceptors (Lipinski definition) is 23. The summed E-state index contributed by atoms with van der Waals surface area (Å²) in [5, 5.41) is 35.7. The van der Waals surface area contributed by atoms with E-state index in [0.29, 0.717) is 53.5 Å². The number of non-ortho nitro benzene ring substituents is 2. The summed E-state index contributed by atoms with van der Waals surface area (Å²) in [7, 11) is 11.4. The molecular formula is C87H98BrClN16O16. The van der Waals surface area contributed by atoms with Crippen LogP contribution in [0.15, 0.2) is 239 Å². The molecule has 0 radical (unpaired) electrons. The molecule has 0 atom stereocenters. The number of benzene rings is 7. The van der Waals surface area contributed by atoms with Gasteiger partial charge in [0, 0.05) is 231 Å². The number of nitro benzene ring substituents is 2. The standard InChI is InChI=1S/C25H25N5O4.C14H12ClN3O3.C11H12N2O3.2C11H14N2O.C8H6N2O2.C4H8O.C3H7BrO/c1-4-23(31)27-18-6-5-7-20(15-18)34-24-22(33-3)16-26-25(29-24)28-19-8-9-21-17(14-19)10-11-30(21)12-13-32-2;1-3-12(19)17-9-5-4-6-10(7-9)21-13-11(20-2)8-16-14(15)18-13;1-16-7-6-12-5-4-9-8-10(13(14)15)2-3-11(9)12;2*1-14-7-6-13-5-4-9-8-10(12)2-3-11(9)13;11-10(12)7-1-2-8-6(5-7)3-4-9-8;1-2-4-5-3-1;1-5-3-2-4/h4-11,14-16H,1,12-13H2,2-3H3,(H,27,31)(H,26,28,29);3-8H,1H2,2H3,(H,17,19);2-5,8H,6-7H2,1H3;2*2-5,8H,6-7,12H2,1H3;1-5,9H;1-4H2;2-3H2,1H3. The van der Waals surface area contributed by atoms with Crippen molar-refractivity contribution in [1.29, 1.82) is 0 Å². The molecule has 121 heavy (non-hydrogen) atoms. The van der Waals surface area contributed by atoms with Crippen LogP contribution in [0.25, 0.3) is 54.5 Å². The Morgan fingerprint density at radius 2 is 0.942 bits per heavy atom. The molecule has 1 fully saturated rings. The van der Waals surface area contributed by atoms with Gasteiger partial charge in [-0.3, -0.25) is 29.8 Å². The molecule has 7 aromatic heterocycles. The van der Waals surface area contributed by atoms with Crippen LogP contribution in [0.5, 0.6) is 34.8 Å². The largest absolute Gasteiger partial charge is 0.490 e. The minimum absolute atomic E-state index is 0.0434. The number of rotatable bonds is 28. The topological polar surface area (TPSA) is 388 Å². The predicted octanol–water partition coefficient (Wildman–Crippen LogP) is 17.6. The fraction of sp³-hybridized carbons (Fsp3) is 0.241. The van der Waals surface area contributed by atoms with Crippen LogP contribution in [0.1, 0.15) is 12.8 Å². The Bertz CT molecular complexity index is 5560. The van der Waals surface area contributed by atoms with Crippen molar-refractivity contribution in [2.24, 2.45) is 0 Å². The van der Waals surface area contributed by atoms with Crippen molar-refractivity contribution in [2.45, 2.75) is 39.0 Å². The molecule has 8 N–H and O–H groups in total. The number of aromatic nitrogens is 9. The number of halogens is 2. The molecule has 15 rings (SSSR count). The minimum Gasteiger partial charge on any atom is -0.490 e. The summed E-state index contributed by atoms with van der Waals surface area (Å²) in [5.74, 6) is 1.81. The van der Waals surface area contributed by atoms with E-state index in [1.165, 1.54) is 85.5 Å². The summed E-state index contributed by atoms with van der Waals surface area (Å²) in [5.41, 5.74) is 20.7. The second kappa shape index (κ2) is 49.9. The first-order valence-electron chi connectivity index (χ1n) is 37.7. The van der Waals surface area contributed by atoms with Crippen LogP contribution in [0, 0.1) is 20.2 Å². The lowest BCUT2D eigenvalue weighted by atomic mass is 10.2. The number of nitrogen functional groups attached to an aromatic ring is 2. The summed E-state index contributed by atoms with van der Waals surface area (Å²) in [4.78, 5) is 62.5. The van der Waals surface area contributed by atoms with Gasteiger partial charge < -0.3 is 98.0 Å². The Kier molecular flexibility index (Phi) is 38.4. The Labute approximate surface area is 712 Å². The van der Waals surface area contributed by atoms with Crippen molar-refractivity contribution in [3.63, 3.8) is 0 Å². The van der Waals surface area contributed by atoms with Gasteiger partial charge in [-0.1, -0.05) is 41.2 Å². The normalized spacial score (nSPS) is 11.0. The maximum absolute atomic E-state index is 11.6. The van der Waals surface area contributed by atoms with Crippen molar-refractivity contribution in [3.05, 3.63) is 264 Å². The van der Waals surface area contributed by atoms with Gasteiger partial charge in [0.05, 0.1) is 69.5 Å². The summed E-state index contributed by atoms with van der Waals surface area (Å²) in [6, 6.07) is 51.1. The Morgan fingerprint density at radius 3 is 1.36 bits per heavy atom. The van der Waals surface area contributed by atoms with Crippen molar-refractivity contribution in [2.75, 3.05) is 129 Å². The van der Waals surface area contributed by atoms with E-state index in [4.69, 9.17) is 65.7 Å². The monoisotopic (exact) mass is 1740 g/mol. The third-order valence-corrected chi connectivity index (χ3v) is 17.9. The zero-order chi connectivity index (χ0) is 86.8. The first-order chi connectivity index (χ1) is 58.7. The highest BCUT2D eigenvalue weighted by molar-refractivity contribution is 9.09. The van der Waals surface area contributed by atoms with Crippen molar-refractivity contribution < 1.29 is 66.8 Å². The molecule has 8 heterocycles. The molecule has 0 unspecified atom stereocenters. The number of nitro groups is 2. The number of methoxy groups -OCH3 is 7. The van der Waals surface area contributed by atoms with E-state index in [1.54, 1.807) is 115 Å². The zero-order valence-electron chi connectivity index (χ0n) is 68.1.